The third-order valence-electron chi connectivity index (χ3n) is 5.79. The normalized spacial score (nSPS) is 25.4. The van der Waals surface area contributed by atoms with Gasteiger partial charge in [0.25, 0.3) is 0 Å². The number of halogens is 6. The van der Waals surface area contributed by atoms with Gasteiger partial charge in [-0.1, -0.05) is 0 Å². The molecule has 2 heterocycles. The number of rotatable bonds is 4. The lowest BCUT2D eigenvalue weighted by molar-refractivity contribution is -0.607. The molecule has 30 heavy (non-hydrogen) atoms. The summed E-state index contributed by atoms with van der Waals surface area (Å²) in [5.74, 6) is -2.35. The van der Waals surface area contributed by atoms with Gasteiger partial charge in [0, 0.05) is 18.5 Å². The minimum absolute atomic E-state index is 0.00875. The third kappa shape index (κ3) is 5.28. The molecule has 1 saturated carbocycles. The lowest BCUT2D eigenvalue weighted by Gasteiger charge is -2.33. The van der Waals surface area contributed by atoms with Gasteiger partial charge in [-0.15, -0.1) is 0 Å². The maximum atomic E-state index is 12.8. The minimum atomic E-state index is -4.70. The minimum Gasteiger partial charge on any atom is -0.619 e. The van der Waals surface area contributed by atoms with E-state index in [2.05, 4.69) is 0 Å². The van der Waals surface area contributed by atoms with Crippen molar-refractivity contribution in [3.63, 3.8) is 0 Å². The van der Waals surface area contributed by atoms with Crippen LogP contribution in [0.1, 0.15) is 44.1 Å². The Bertz CT molecular complexity index is 760. The molecule has 168 valence electrons. The average molecular weight is 440 g/mol. The highest BCUT2D eigenvalue weighted by atomic mass is 19.4. The molecule has 1 aliphatic carbocycles. The number of likely N-dealkylation sites (tertiary alicyclic amines) is 1. The Kier molecular flexibility index (Phi) is 6.37. The fourth-order valence-corrected chi connectivity index (χ4v) is 4.16. The van der Waals surface area contributed by atoms with E-state index in [1.165, 1.54) is 0 Å². The van der Waals surface area contributed by atoms with Crippen LogP contribution in [0.15, 0.2) is 18.5 Å². The molecule has 11 heteroatoms. The molecule has 5 nitrogen and oxygen atoms in total. The van der Waals surface area contributed by atoms with Gasteiger partial charge in [0.15, 0.2) is 11.9 Å². The van der Waals surface area contributed by atoms with Crippen LogP contribution in [0, 0.1) is 17.0 Å². The van der Waals surface area contributed by atoms with Crippen molar-refractivity contribution in [1.82, 2.24) is 4.90 Å². The molecule has 0 unspecified atom stereocenters. The van der Waals surface area contributed by atoms with Gasteiger partial charge in [-0.25, -0.2) is 0 Å². The number of amides is 1. The largest absolute Gasteiger partial charge is 0.619 e. The van der Waals surface area contributed by atoms with Crippen LogP contribution < -0.4 is 9.47 Å². The molecule has 0 N–H and O–H groups in total. The monoisotopic (exact) mass is 440 g/mol. The van der Waals surface area contributed by atoms with Crippen molar-refractivity contribution in [2.45, 2.75) is 56.9 Å². The number of carbonyl (C=O) groups excluding carboxylic acids is 1. The van der Waals surface area contributed by atoms with Crippen molar-refractivity contribution in [2.75, 3.05) is 13.2 Å². The van der Waals surface area contributed by atoms with Gasteiger partial charge in [-0.3, -0.25) is 4.79 Å². The molecule has 0 bridgehead atoms. The molecule has 1 atom stereocenters. The van der Waals surface area contributed by atoms with E-state index >= 15 is 0 Å². The Morgan fingerprint density at radius 3 is 2.37 bits per heavy atom. The van der Waals surface area contributed by atoms with Crippen LogP contribution in [-0.4, -0.2) is 36.2 Å². The predicted octanol–water partition coefficient (Wildman–Crippen LogP) is 4.08. The first-order valence-corrected chi connectivity index (χ1v) is 9.76. The summed E-state index contributed by atoms with van der Waals surface area (Å²) in [5, 5.41) is 11.4. The average Bonchev–Trinajstić information content (AvgIpc) is 3.12. The summed E-state index contributed by atoms with van der Waals surface area (Å²) in [4.78, 5) is 14.4. The van der Waals surface area contributed by atoms with Crippen LogP contribution >= 0.6 is 0 Å². The predicted molar refractivity (Wildman–Crippen MR) is 92.1 cm³/mol. The fourth-order valence-electron chi connectivity index (χ4n) is 4.16. The summed E-state index contributed by atoms with van der Waals surface area (Å²) >= 11 is 0. The topological polar surface area (TPSA) is 56.5 Å². The molecule has 1 amide bonds. The number of alkyl halides is 6. The first-order chi connectivity index (χ1) is 13.9. The summed E-state index contributed by atoms with van der Waals surface area (Å²) in [6.45, 7) is 0.334. The second kappa shape index (κ2) is 8.50. The molecule has 2 fully saturated rings. The van der Waals surface area contributed by atoms with E-state index in [9.17, 15) is 36.3 Å². The molecule has 3 rings (SSSR count). The van der Waals surface area contributed by atoms with E-state index in [-0.39, 0.29) is 48.7 Å². The van der Waals surface area contributed by atoms with Gasteiger partial charge in [-0.05, 0) is 38.5 Å². The number of pyridine rings is 1. The zero-order valence-corrected chi connectivity index (χ0v) is 16.0. The van der Waals surface area contributed by atoms with Crippen molar-refractivity contribution in [3.8, 4) is 5.75 Å². The molecular weight excluding hydrogens is 418 g/mol. The second-order valence-electron chi connectivity index (χ2n) is 7.85. The van der Waals surface area contributed by atoms with Crippen molar-refractivity contribution < 1.29 is 40.6 Å². The molecule has 0 aromatic carbocycles. The molecule has 0 radical (unpaired) electrons. The SMILES string of the molecule is O=C([C@H]1CC[C@H](C(F)(F)F)CC1)N1CCC[C@@H]1COc1cc(C(F)(F)F)c[n+]([O-])c1. The zero-order chi connectivity index (χ0) is 22.1. The maximum Gasteiger partial charge on any atom is 0.422 e. The van der Waals surface area contributed by atoms with Crippen LogP contribution in [-0.2, 0) is 11.0 Å². The van der Waals surface area contributed by atoms with Gasteiger partial charge in [0.2, 0.25) is 12.1 Å². The van der Waals surface area contributed by atoms with Crippen LogP contribution in [0.4, 0.5) is 26.3 Å². The first kappa shape index (κ1) is 22.5. The molecular formula is C19H22F6N2O3. The Morgan fingerprint density at radius 2 is 1.77 bits per heavy atom. The van der Waals surface area contributed by atoms with Gasteiger partial charge >= 0.3 is 12.4 Å². The summed E-state index contributed by atoms with van der Waals surface area (Å²) < 4.78 is 82.3. The molecule has 1 aliphatic heterocycles. The highest BCUT2D eigenvalue weighted by Gasteiger charge is 2.44. The highest BCUT2D eigenvalue weighted by Crippen LogP contribution is 2.40. The Balaban J connectivity index is 1.59. The van der Waals surface area contributed by atoms with E-state index in [0.29, 0.717) is 31.6 Å². The number of hydrogen-bond acceptors (Lipinski definition) is 3. The van der Waals surface area contributed by atoms with Crippen molar-refractivity contribution >= 4 is 5.91 Å². The number of nitrogens with zero attached hydrogens (tertiary/aromatic N) is 2. The van der Waals surface area contributed by atoms with E-state index in [1.807, 2.05) is 0 Å². The lowest BCUT2D eigenvalue weighted by atomic mass is 9.81. The molecule has 1 saturated heterocycles. The van der Waals surface area contributed by atoms with Crippen LogP contribution in [0.2, 0.25) is 0 Å². The Labute approximate surface area is 169 Å². The van der Waals surface area contributed by atoms with Crippen LogP contribution in [0.5, 0.6) is 5.75 Å². The lowest BCUT2D eigenvalue weighted by Crippen LogP contribution is -2.44. The van der Waals surface area contributed by atoms with Gasteiger partial charge in [0.1, 0.15) is 12.2 Å². The van der Waals surface area contributed by atoms with Gasteiger partial charge < -0.3 is 14.8 Å². The summed E-state index contributed by atoms with van der Waals surface area (Å²) in [6.07, 6.45) is -6.28. The van der Waals surface area contributed by atoms with E-state index in [0.717, 1.165) is 6.20 Å². The number of hydrogen-bond donors (Lipinski definition) is 0. The smallest absolute Gasteiger partial charge is 0.422 e. The summed E-state index contributed by atoms with van der Waals surface area (Å²) in [5.41, 5.74) is -1.14. The van der Waals surface area contributed by atoms with Gasteiger partial charge in [-0.2, -0.15) is 31.1 Å². The summed E-state index contributed by atoms with van der Waals surface area (Å²) in [6, 6.07) is 0.320. The fraction of sp³-hybridized carbons (Fsp3) is 0.684. The molecule has 1 aromatic rings. The number of ether oxygens (including phenoxy) is 1. The highest BCUT2D eigenvalue weighted by molar-refractivity contribution is 5.79. The van der Waals surface area contributed by atoms with Crippen molar-refractivity contribution in [3.05, 3.63) is 29.2 Å². The third-order valence-corrected chi connectivity index (χ3v) is 5.79. The van der Waals surface area contributed by atoms with E-state index < -0.39 is 35.8 Å². The van der Waals surface area contributed by atoms with Crippen LogP contribution in [0.25, 0.3) is 0 Å². The van der Waals surface area contributed by atoms with Crippen LogP contribution in [0.3, 0.4) is 0 Å². The van der Waals surface area contributed by atoms with Crippen molar-refractivity contribution in [1.29, 1.82) is 0 Å². The zero-order valence-electron chi connectivity index (χ0n) is 16.0. The number of aromatic nitrogens is 1. The molecule has 2 aliphatic rings. The Hall–Kier alpha value is -2.20. The standard InChI is InChI=1S/C19H22F6N2O3/c20-18(21,22)13-5-3-12(4-6-13)17(28)27-7-1-2-15(27)11-30-16-8-14(19(23,24)25)9-26(29)10-16/h8-10,12-13,15H,1-7,11H2/t12-,13-,15-/m1/s1. The maximum absolute atomic E-state index is 12.8. The first-order valence-electron chi connectivity index (χ1n) is 9.76. The van der Waals surface area contributed by atoms with Crippen molar-refractivity contribution in [2.24, 2.45) is 11.8 Å². The number of carbonyl (C=O) groups is 1. The Morgan fingerprint density at radius 1 is 1.10 bits per heavy atom. The van der Waals surface area contributed by atoms with E-state index in [4.69, 9.17) is 4.74 Å². The molecule has 0 spiro atoms. The van der Waals surface area contributed by atoms with Gasteiger partial charge in [0.05, 0.1) is 12.0 Å². The molecule has 1 aromatic heterocycles. The summed E-state index contributed by atoms with van der Waals surface area (Å²) in [7, 11) is 0. The quantitative estimate of drug-likeness (QED) is 0.403. The van der Waals surface area contributed by atoms with E-state index in [1.54, 1.807) is 4.90 Å². The second-order valence-corrected chi connectivity index (χ2v) is 7.85.